The molecule has 0 aliphatic carbocycles. The number of benzene rings is 1. The maximum absolute atomic E-state index is 13.8. The number of rotatable bonds is 6. The molecule has 0 aliphatic rings. The Morgan fingerprint density at radius 3 is 2.47 bits per heavy atom. The summed E-state index contributed by atoms with van der Waals surface area (Å²) in [7, 11) is 0. The van der Waals surface area contributed by atoms with Crippen molar-refractivity contribution in [1.29, 1.82) is 0 Å². The average molecular weight is 303 g/mol. The molecule has 0 aromatic heterocycles. The molecule has 96 valence electrons. The van der Waals surface area contributed by atoms with E-state index in [1.165, 1.54) is 6.07 Å². The van der Waals surface area contributed by atoms with Crippen molar-refractivity contribution in [2.45, 2.75) is 39.2 Å². The summed E-state index contributed by atoms with van der Waals surface area (Å²) in [4.78, 5) is 0. The molecule has 2 nitrogen and oxygen atoms in total. The molecule has 0 saturated heterocycles. The Labute approximate surface area is 111 Å². The predicted molar refractivity (Wildman–Crippen MR) is 72.9 cm³/mol. The summed E-state index contributed by atoms with van der Waals surface area (Å²) in [5, 5.41) is 0. The van der Waals surface area contributed by atoms with Gasteiger partial charge in [-0.1, -0.05) is 48.7 Å². The molecule has 0 saturated carbocycles. The van der Waals surface area contributed by atoms with Gasteiger partial charge in [0.1, 0.15) is 5.82 Å². The minimum atomic E-state index is -0.215. The largest absolute Gasteiger partial charge is 0.271 e. The van der Waals surface area contributed by atoms with Gasteiger partial charge in [-0.3, -0.25) is 11.3 Å². The van der Waals surface area contributed by atoms with Gasteiger partial charge in [-0.25, -0.2) is 4.39 Å². The second-order valence-electron chi connectivity index (χ2n) is 4.27. The molecule has 1 rings (SSSR count). The lowest BCUT2D eigenvalue weighted by molar-refractivity contribution is 0.366. The van der Waals surface area contributed by atoms with E-state index in [9.17, 15) is 4.39 Å². The van der Waals surface area contributed by atoms with Crippen LogP contribution in [0.5, 0.6) is 0 Å². The minimum absolute atomic E-state index is 0.143. The Kier molecular flexibility index (Phi) is 6.09. The van der Waals surface area contributed by atoms with Crippen LogP contribution in [0.4, 0.5) is 4.39 Å². The van der Waals surface area contributed by atoms with Crippen LogP contribution in [0.15, 0.2) is 22.7 Å². The van der Waals surface area contributed by atoms with E-state index >= 15 is 0 Å². The molecule has 0 amide bonds. The van der Waals surface area contributed by atoms with Crippen molar-refractivity contribution in [3.05, 3.63) is 34.1 Å². The van der Waals surface area contributed by atoms with Crippen molar-refractivity contribution in [2.24, 2.45) is 11.8 Å². The van der Waals surface area contributed by atoms with E-state index in [4.69, 9.17) is 5.84 Å². The van der Waals surface area contributed by atoms with Crippen LogP contribution in [0.1, 0.15) is 44.7 Å². The molecule has 0 radical (unpaired) electrons. The summed E-state index contributed by atoms with van der Waals surface area (Å²) in [6.45, 7) is 4.30. The molecule has 1 aromatic carbocycles. The molecule has 3 N–H and O–H groups in total. The van der Waals surface area contributed by atoms with Crippen LogP contribution >= 0.6 is 15.9 Å². The van der Waals surface area contributed by atoms with Crippen molar-refractivity contribution in [3.8, 4) is 0 Å². The Morgan fingerprint density at radius 1 is 1.35 bits per heavy atom. The number of hydrogen-bond acceptors (Lipinski definition) is 2. The van der Waals surface area contributed by atoms with Crippen molar-refractivity contribution in [1.82, 2.24) is 5.43 Å². The summed E-state index contributed by atoms with van der Waals surface area (Å²) >= 11 is 3.39. The van der Waals surface area contributed by atoms with Crippen LogP contribution in [-0.4, -0.2) is 0 Å². The topological polar surface area (TPSA) is 38.0 Å². The maximum Gasteiger partial charge on any atom is 0.129 e. The van der Waals surface area contributed by atoms with Gasteiger partial charge < -0.3 is 0 Å². The molecule has 1 atom stereocenters. The van der Waals surface area contributed by atoms with Gasteiger partial charge in [0.2, 0.25) is 0 Å². The second-order valence-corrected chi connectivity index (χ2v) is 5.13. The molecule has 1 unspecified atom stereocenters. The zero-order valence-corrected chi connectivity index (χ0v) is 11.9. The zero-order chi connectivity index (χ0) is 12.8. The molecule has 0 fully saturated rings. The quantitative estimate of drug-likeness (QED) is 0.617. The molecule has 0 bridgehead atoms. The lowest BCUT2D eigenvalue weighted by atomic mass is 9.91. The highest BCUT2D eigenvalue weighted by Gasteiger charge is 2.20. The number of nitrogens with two attached hydrogens (primary N) is 1. The van der Waals surface area contributed by atoms with Crippen LogP contribution in [0.2, 0.25) is 0 Å². The number of hydrazine groups is 1. The Hall–Kier alpha value is -0.450. The summed E-state index contributed by atoms with van der Waals surface area (Å²) in [5.74, 6) is 5.91. The van der Waals surface area contributed by atoms with Crippen molar-refractivity contribution in [2.75, 3.05) is 0 Å². The molecule has 4 heteroatoms. The SMILES string of the molecule is CCC(CC)CC(NN)c1c(F)cccc1Br. The van der Waals surface area contributed by atoms with Gasteiger partial charge in [0.15, 0.2) is 0 Å². The highest BCUT2D eigenvalue weighted by Crippen LogP contribution is 2.31. The monoisotopic (exact) mass is 302 g/mol. The van der Waals surface area contributed by atoms with Gasteiger partial charge >= 0.3 is 0 Å². The molecular formula is C13H20BrFN2. The van der Waals surface area contributed by atoms with Gasteiger partial charge in [0.05, 0.1) is 6.04 Å². The second kappa shape index (κ2) is 7.09. The van der Waals surface area contributed by atoms with E-state index in [0.717, 1.165) is 23.7 Å². The fourth-order valence-corrected chi connectivity index (χ4v) is 2.69. The molecule has 0 spiro atoms. The van der Waals surface area contributed by atoms with Crippen LogP contribution in [0, 0.1) is 11.7 Å². The van der Waals surface area contributed by atoms with Crippen molar-refractivity contribution < 1.29 is 4.39 Å². The zero-order valence-electron chi connectivity index (χ0n) is 10.3. The van der Waals surface area contributed by atoms with E-state index in [2.05, 4.69) is 35.2 Å². The van der Waals surface area contributed by atoms with Gasteiger partial charge in [-0.2, -0.15) is 0 Å². The van der Waals surface area contributed by atoms with E-state index in [0.29, 0.717) is 11.5 Å². The summed E-state index contributed by atoms with van der Waals surface area (Å²) < 4.78 is 14.6. The van der Waals surface area contributed by atoms with Crippen LogP contribution in [0.25, 0.3) is 0 Å². The van der Waals surface area contributed by atoms with Crippen LogP contribution in [-0.2, 0) is 0 Å². The first-order chi connectivity index (χ1) is 8.13. The first-order valence-electron chi connectivity index (χ1n) is 6.04. The van der Waals surface area contributed by atoms with Crippen LogP contribution < -0.4 is 11.3 Å². The molecule has 0 aliphatic heterocycles. The average Bonchev–Trinajstić information content (AvgIpc) is 2.33. The summed E-state index contributed by atoms with van der Waals surface area (Å²) in [6, 6.07) is 4.86. The van der Waals surface area contributed by atoms with E-state index in [1.807, 2.05) is 6.07 Å². The summed E-state index contributed by atoms with van der Waals surface area (Å²) in [5.41, 5.74) is 3.36. The van der Waals surface area contributed by atoms with Gasteiger partial charge in [-0.15, -0.1) is 0 Å². The minimum Gasteiger partial charge on any atom is -0.271 e. The lowest BCUT2D eigenvalue weighted by Gasteiger charge is -2.23. The van der Waals surface area contributed by atoms with E-state index < -0.39 is 0 Å². The maximum atomic E-state index is 13.8. The Morgan fingerprint density at radius 2 is 2.00 bits per heavy atom. The molecule has 17 heavy (non-hydrogen) atoms. The first-order valence-corrected chi connectivity index (χ1v) is 6.83. The fourth-order valence-electron chi connectivity index (χ4n) is 2.07. The van der Waals surface area contributed by atoms with Crippen molar-refractivity contribution >= 4 is 15.9 Å². The third-order valence-electron chi connectivity index (χ3n) is 3.27. The van der Waals surface area contributed by atoms with Gasteiger partial charge in [0, 0.05) is 10.0 Å². The summed E-state index contributed by atoms with van der Waals surface area (Å²) in [6.07, 6.45) is 3.02. The first kappa shape index (κ1) is 14.6. The highest BCUT2D eigenvalue weighted by atomic mass is 79.9. The number of hydrogen-bond donors (Lipinski definition) is 2. The number of nitrogens with one attached hydrogen (secondary N) is 1. The predicted octanol–water partition coefficient (Wildman–Crippen LogP) is 3.92. The smallest absolute Gasteiger partial charge is 0.129 e. The van der Waals surface area contributed by atoms with Crippen LogP contribution in [0.3, 0.4) is 0 Å². The van der Waals surface area contributed by atoms with Gasteiger partial charge in [0.25, 0.3) is 0 Å². The standard InChI is InChI=1S/C13H20BrFN2/c1-3-9(4-2)8-12(17-16)13-10(14)6-5-7-11(13)15/h5-7,9,12,17H,3-4,8,16H2,1-2H3. The molecular weight excluding hydrogens is 283 g/mol. The molecule has 0 heterocycles. The highest BCUT2D eigenvalue weighted by molar-refractivity contribution is 9.10. The van der Waals surface area contributed by atoms with Crippen molar-refractivity contribution in [3.63, 3.8) is 0 Å². The molecule has 1 aromatic rings. The van der Waals surface area contributed by atoms with E-state index in [1.54, 1.807) is 6.07 Å². The lowest BCUT2D eigenvalue weighted by Crippen LogP contribution is -2.30. The third kappa shape index (κ3) is 3.76. The fraction of sp³-hybridized carbons (Fsp3) is 0.538. The Balaban J connectivity index is 2.93. The van der Waals surface area contributed by atoms with E-state index in [-0.39, 0.29) is 11.9 Å². The normalized spacial score (nSPS) is 13.1. The van der Waals surface area contributed by atoms with Gasteiger partial charge in [-0.05, 0) is 24.5 Å². The Bertz CT molecular complexity index is 333. The number of halogens is 2. The third-order valence-corrected chi connectivity index (χ3v) is 3.96.